The van der Waals surface area contributed by atoms with Crippen LogP contribution in [-0.4, -0.2) is 76.9 Å². The number of nitrogens with one attached hydrogen (secondary N) is 1. The van der Waals surface area contributed by atoms with Crippen molar-refractivity contribution in [2.24, 2.45) is 0 Å². The summed E-state index contributed by atoms with van der Waals surface area (Å²) in [6, 6.07) is 33.1. The summed E-state index contributed by atoms with van der Waals surface area (Å²) in [5.74, 6) is 0.0763. The number of benzene rings is 4. The second kappa shape index (κ2) is 15.1. The summed E-state index contributed by atoms with van der Waals surface area (Å²) >= 11 is 0. The third kappa shape index (κ3) is 7.09. The number of ether oxygens (including phenoxy) is 4. The Hall–Kier alpha value is -4.66. The SMILES string of the molecule is CN(CCOCCOCCCNC(=O)OCC1c2ccccc2-c2ccccc21)C(=O)OCC1c2ccccc2-c2ccccc21. The molecule has 238 valence electrons. The van der Waals surface area contributed by atoms with Crippen LogP contribution in [0.15, 0.2) is 97.1 Å². The summed E-state index contributed by atoms with van der Waals surface area (Å²) in [6.07, 6.45) is -0.134. The zero-order chi connectivity index (χ0) is 31.7. The number of nitrogens with zero attached hydrogens (tertiary/aromatic N) is 1. The topological polar surface area (TPSA) is 86.3 Å². The lowest BCUT2D eigenvalue weighted by atomic mass is 9.98. The molecule has 8 heteroatoms. The molecule has 2 aliphatic carbocycles. The molecule has 0 aromatic heterocycles. The van der Waals surface area contributed by atoms with Gasteiger partial charge in [0.1, 0.15) is 13.2 Å². The lowest BCUT2D eigenvalue weighted by molar-refractivity contribution is 0.0376. The summed E-state index contributed by atoms with van der Waals surface area (Å²) in [7, 11) is 1.71. The van der Waals surface area contributed by atoms with Crippen molar-refractivity contribution in [1.82, 2.24) is 10.2 Å². The molecule has 2 aliphatic rings. The van der Waals surface area contributed by atoms with Crippen molar-refractivity contribution in [3.8, 4) is 22.3 Å². The van der Waals surface area contributed by atoms with Gasteiger partial charge in [0.15, 0.2) is 0 Å². The van der Waals surface area contributed by atoms with Crippen molar-refractivity contribution < 1.29 is 28.5 Å². The molecule has 6 rings (SSSR count). The highest BCUT2D eigenvalue weighted by molar-refractivity contribution is 5.80. The molecule has 4 aromatic carbocycles. The van der Waals surface area contributed by atoms with E-state index in [2.05, 4.69) is 53.8 Å². The first-order valence-electron chi connectivity index (χ1n) is 15.9. The van der Waals surface area contributed by atoms with E-state index >= 15 is 0 Å². The summed E-state index contributed by atoms with van der Waals surface area (Å²) in [4.78, 5) is 26.5. The van der Waals surface area contributed by atoms with Gasteiger partial charge in [0, 0.05) is 38.6 Å². The Bertz CT molecular complexity index is 1560. The molecule has 2 amide bonds. The van der Waals surface area contributed by atoms with E-state index in [4.69, 9.17) is 18.9 Å². The third-order valence-corrected chi connectivity index (χ3v) is 8.67. The molecule has 0 saturated heterocycles. The number of likely N-dealkylation sites (N-methyl/N-ethyl adjacent to an activating group) is 1. The largest absolute Gasteiger partial charge is 0.449 e. The van der Waals surface area contributed by atoms with Gasteiger partial charge in [-0.15, -0.1) is 0 Å². The van der Waals surface area contributed by atoms with E-state index in [1.54, 1.807) is 7.05 Å². The normalized spacial score (nSPS) is 13.0. The minimum atomic E-state index is -0.425. The molecule has 0 atom stereocenters. The molecule has 1 N–H and O–H groups in total. The Morgan fingerprint density at radius 3 is 1.54 bits per heavy atom. The van der Waals surface area contributed by atoms with Crippen LogP contribution in [-0.2, 0) is 18.9 Å². The van der Waals surface area contributed by atoms with E-state index in [1.165, 1.54) is 49.4 Å². The van der Waals surface area contributed by atoms with Gasteiger partial charge in [0.05, 0.1) is 19.8 Å². The molecule has 0 aliphatic heterocycles. The first-order valence-corrected chi connectivity index (χ1v) is 15.9. The van der Waals surface area contributed by atoms with Gasteiger partial charge >= 0.3 is 12.2 Å². The van der Waals surface area contributed by atoms with Crippen LogP contribution in [0.3, 0.4) is 0 Å². The van der Waals surface area contributed by atoms with Gasteiger partial charge in [0.2, 0.25) is 0 Å². The smallest absolute Gasteiger partial charge is 0.409 e. The van der Waals surface area contributed by atoms with Gasteiger partial charge in [-0.25, -0.2) is 9.59 Å². The fourth-order valence-electron chi connectivity index (χ4n) is 6.33. The average Bonchev–Trinajstić information content (AvgIpc) is 3.59. The van der Waals surface area contributed by atoms with Crippen LogP contribution in [0.5, 0.6) is 0 Å². The van der Waals surface area contributed by atoms with Crippen molar-refractivity contribution in [3.05, 3.63) is 119 Å². The number of hydrogen-bond donors (Lipinski definition) is 1. The van der Waals surface area contributed by atoms with E-state index in [0.29, 0.717) is 59.2 Å². The summed E-state index contributed by atoms with van der Waals surface area (Å²) in [5, 5.41) is 2.81. The van der Waals surface area contributed by atoms with Gasteiger partial charge in [-0.3, -0.25) is 0 Å². The van der Waals surface area contributed by atoms with Crippen molar-refractivity contribution in [3.63, 3.8) is 0 Å². The zero-order valence-electron chi connectivity index (χ0n) is 26.2. The predicted molar refractivity (Wildman–Crippen MR) is 177 cm³/mol. The van der Waals surface area contributed by atoms with Crippen molar-refractivity contribution in [1.29, 1.82) is 0 Å². The summed E-state index contributed by atoms with van der Waals surface area (Å²) in [6.45, 7) is 3.19. The molecule has 0 radical (unpaired) electrons. The highest BCUT2D eigenvalue weighted by atomic mass is 16.6. The maximum atomic E-state index is 12.6. The van der Waals surface area contributed by atoms with Crippen molar-refractivity contribution >= 4 is 12.2 Å². The maximum Gasteiger partial charge on any atom is 0.409 e. The first-order chi connectivity index (χ1) is 22.6. The molecule has 0 saturated carbocycles. The Morgan fingerprint density at radius 1 is 0.609 bits per heavy atom. The third-order valence-electron chi connectivity index (χ3n) is 8.67. The number of fused-ring (bicyclic) bond motifs is 6. The van der Waals surface area contributed by atoms with E-state index in [9.17, 15) is 9.59 Å². The van der Waals surface area contributed by atoms with Gasteiger partial charge in [-0.2, -0.15) is 0 Å². The molecular formula is C38H40N2O6. The van der Waals surface area contributed by atoms with Crippen LogP contribution in [0.4, 0.5) is 9.59 Å². The Morgan fingerprint density at radius 2 is 1.04 bits per heavy atom. The summed E-state index contributed by atoms with van der Waals surface area (Å²) in [5.41, 5.74) is 9.58. The Kier molecular flexibility index (Phi) is 10.3. The minimum Gasteiger partial charge on any atom is -0.449 e. The van der Waals surface area contributed by atoms with Gasteiger partial charge in [-0.05, 0) is 50.9 Å². The monoisotopic (exact) mass is 620 g/mol. The standard InChI is InChI=1S/C38H40N2O6/c1-40(38(42)46-26-36-33-17-8-4-13-29(33)30-14-5-9-18-34(30)36)20-22-44-24-23-43-21-10-19-39-37(41)45-25-35-31-15-6-2-11-27(31)28-12-3-7-16-32(28)35/h2-9,11-18,35-36H,10,19-26H2,1H3,(H,39,41). The van der Waals surface area contributed by atoms with E-state index in [0.717, 1.165) is 0 Å². The predicted octanol–water partition coefficient (Wildman–Crippen LogP) is 6.83. The molecule has 4 aromatic rings. The molecule has 8 nitrogen and oxygen atoms in total. The van der Waals surface area contributed by atoms with E-state index in [-0.39, 0.29) is 17.9 Å². The number of carbonyl (C=O) groups is 2. The highest BCUT2D eigenvalue weighted by Crippen LogP contribution is 2.45. The number of hydrogen-bond acceptors (Lipinski definition) is 6. The van der Waals surface area contributed by atoms with Crippen LogP contribution in [0, 0.1) is 0 Å². The fraction of sp³-hybridized carbons (Fsp3) is 0.316. The van der Waals surface area contributed by atoms with Gasteiger partial charge in [-0.1, -0.05) is 97.1 Å². The van der Waals surface area contributed by atoms with Crippen molar-refractivity contribution in [2.45, 2.75) is 18.3 Å². The van der Waals surface area contributed by atoms with Crippen molar-refractivity contribution in [2.75, 3.05) is 59.8 Å². The molecule has 0 spiro atoms. The van der Waals surface area contributed by atoms with Crippen LogP contribution in [0.2, 0.25) is 0 Å². The Labute approximate surface area is 270 Å². The average molecular weight is 621 g/mol. The highest BCUT2D eigenvalue weighted by Gasteiger charge is 2.30. The molecule has 46 heavy (non-hydrogen) atoms. The quantitative estimate of drug-likeness (QED) is 0.156. The second-order valence-electron chi connectivity index (χ2n) is 11.6. The first kappa shape index (κ1) is 31.3. The molecule has 0 bridgehead atoms. The van der Waals surface area contributed by atoms with Gasteiger partial charge < -0.3 is 29.2 Å². The zero-order valence-corrected chi connectivity index (χ0v) is 26.2. The van der Waals surface area contributed by atoms with Crippen LogP contribution >= 0.6 is 0 Å². The second-order valence-corrected chi connectivity index (χ2v) is 11.6. The van der Waals surface area contributed by atoms with Crippen LogP contribution < -0.4 is 5.32 Å². The Balaban J connectivity index is 0.799. The lowest BCUT2D eigenvalue weighted by Gasteiger charge is -2.19. The number of amides is 2. The summed E-state index contributed by atoms with van der Waals surface area (Å²) < 4.78 is 22.5. The lowest BCUT2D eigenvalue weighted by Crippen LogP contribution is -2.32. The minimum absolute atomic E-state index is 0.0345. The van der Waals surface area contributed by atoms with Crippen LogP contribution in [0.25, 0.3) is 22.3 Å². The van der Waals surface area contributed by atoms with E-state index in [1.807, 2.05) is 48.5 Å². The molecule has 0 fully saturated rings. The maximum absolute atomic E-state index is 12.6. The van der Waals surface area contributed by atoms with Gasteiger partial charge in [0.25, 0.3) is 0 Å². The number of carbonyl (C=O) groups excluding carboxylic acids is 2. The van der Waals surface area contributed by atoms with Crippen LogP contribution in [0.1, 0.15) is 40.5 Å². The molecular weight excluding hydrogens is 580 g/mol. The number of alkyl carbamates (subject to hydrolysis) is 1. The molecule has 0 unspecified atom stereocenters. The fourth-order valence-corrected chi connectivity index (χ4v) is 6.33. The number of rotatable bonds is 14. The van der Waals surface area contributed by atoms with E-state index < -0.39 is 6.09 Å². The molecule has 0 heterocycles.